The summed E-state index contributed by atoms with van der Waals surface area (Å²) in [6.07, 6.45) is 0. The van der Waals surface area contributed by atoms with E-state index in [-0.39, 0.29) is 6.92 Å². The minimum absolute atomic E-state index is 0.309. The third-order valence-electron chi connectivity index (χ3n) is 1.05. The Balaban J connectivity index is 5.42. The van der Waals surface area contributed by atoms with Crippen LogP contribution >= 0.6 is 10.2 Å². The molecule has 0 aliphatic rings. The molecule has 0 aliphatic heterocycles. The van der Waals surface area contributed by atoms with Crippen molar-refractivity contribution in [2.24, 2.45) is 0 Å². The van der Waals surface area contributed by atoms with Gasteiger partial charge in [0.2, 0.25) is 4.58 Å². The number of rotatable bonds is 2. The fraction of sp³-hybridized carbons (Fsp3) is 1.00. The summed E-state index contributed by atoms with van der Waals surface area (Å²) in [5.41, 5.74) is 0. The molecule has 0 aromatic heterocycles. The molecule has 0 rings (SSSR count). The third-order valence-corrected chi connectivity index (χ3v) is 4.96. The van der Waals surface area contributed by atoms with Crippen LogP contribution < -0.4 is 0 Å². The van der Waals surface area contributed by atoms with Gasteiger partial charge in [-0.1, -0.05) is 19.4 Å². The fourth-order valence-corrected chi connectivity index (χ4v) is 2.07. The van der Waals surface area contributed by atoms with Crippen molar-refractivity contribution in [2.45, 2.75) is 11.5 Å². The maximum atomic E-state index is 11.6. The van der Waals surface area contributed by atoms with Crippen LogP contribution in [-0.4, -0.2) is 17.6 Å². The van der Waals surface area contributed by atoms with Crippen molar-refractivity contribution in [3.8, 4) is 0 Å². The molecule has 0 spiro atoms. The molecule has 3 nitrogen and oxygen atoms in total. The van der Waals surface area contributed by atoms with E-state index >= 15 is 0 Å². The van der Waals surface area contributed by atoms with Gasteiger partial charge in [-0.05, 0) is 6.92 Å². The lowest BCUT2D eigenvalue weighted by molar-refractivity contribution is 0.354. The molecular weight excluding hydrogens is 231 g/mol. The summed E-state index contributed by atoms with van der Waals surface area (Å²) in [6, 6.07) is 0. The smallest absolute Gasteiger partial charge is 0.284 e. The molecule has 0 saturated heterocycles. The molecule has 0 aromatic rings. The van der Waals surface area contributed by atoms with Crippen LogP contribution in [-0.2, 0) is 10.1 Å². The Morgan fingerprint density at radius 3 is 1.42 bits per heavy atom. The Bertz CT molecular complexity index is 285. The molecule has 10 heteroatoms. The van der Waals surface area contributed by atoms with Crippen molar-refractivity contribution in [3.63, 3.8) is 0 Å². The number of halogens is 5. The molecule has 0 saturated carbocycles. The maximum Gasteiger partial charge on any atom is 0.302 e. The predicted molar refractivity (Wildman–Crippen MR) is 34.1 cm³/mol. The zero-order chi connectivity index (χ0) is 10.5. The first-order valence-corrected chi connectivity index (χ1v) is 5.85. The van der Waals surface area contributed by atoms with Crippen molar-refractivity contribution in [1.82, 2.24) is 0 Å². The lowest BCUT2D eigenvalue weighted by atomic mass is 11.0. The summed E-state index contributed by atoms with van der Waals surface area (Å²) in [6.45, 7) is -0.309. The summed E-state index contributed by atoms with van der Waals surface area (Å²) >= 11 is 0. The van der Waals surface area contributed by atoms with E-state index in [9.17, 15) is 27.8 Å². The lowest BCUT2D eigenvalue weighted by Gasteiger charge is -2.43. The number of hydrogen-bond donors (Lipinski definition) is 1. The molecule has 1 N–H and O–H groups in total. The van der Waals surface area contributed by atoms with E-state index in [4.69, 9.17) is 4.55 Å². The molecule has 0 heterocycles. The van der Waals surface area contributed by atoms with Gasteiger partial charge in [0.25, 0.3) is 10.1 Å². The first-order chi connectivity index (χ1) is 4.64. The van der Waals surface area contributed by atoms with Gasteiger partial charge in [-0.25, -0.2) is 0 Å². The van der Waals surface area contributed by atoms with E-state index in [0.29, 0.717) is 0 Å². The lowest BCUT2D eigenvalue weighted by Crippen LogP contribution is -2.29. The van der Waals surface area contributed by atoms with Crippen molar-refractivity contribution in [1.29, 1.82) is 0 Å². The van der Waals surface area contributed by atoms with E-state index < -0.39 is 24.9 Å². The van der Waals surface area contributed by atoms with Crippen LogP contribution in [0, 0.1) is 0 Å². The fourth-order valence-electron chi connectivity index (χ4n) is 0.230. The first-order valence-electron chi connectivity index (χ1n) is 2.34. The molecule has 1 unspecified atom stereocenters. The van der Waals surface area contributed by atoms with Crippen molar-refractivity contribution in [2.75, 3.05) is 0 Å². The van der Waals surface area contributed by atoms with Gasteiger partial charge in [0.1, 0.15) is 0 Å². The Kier molecular flexibility index (Phi) is 1.86. The van der Waals surface area contributed by atoms with Crippen molar-refractivity contribution in [3.05, 3.63) is 0 Å². The SMILES string of the molecule is CC(S(=O)(=O)O)S(F)(F)(F)(F)F. The van der Waals surface area contributed by atoms with E-state index in [1.165, 1.54) is 0 Å². The van der Waals surface area contributed by atoms with Gasteiger partial charge in [0.05, 0.1) is 0 Å². The van der Waals surface area contributed by atoms with E-state index in [1.807, 2.05) is 0 Å². The van der Waals surface area contributed by atoms with Crippen LogP contribution in [0.15, 0.2) is 0 Å². The Hall–Kier alpha value is -0.0900. The Morgan fingerprint density at radius 2 is 1.42 bits per heavy atom. The molecule has 0 radical (unpaired) electrons. The molecule has 0 fully saturated rings. The Labute approximate surface area is 65.0 Å². The average Bonchev–Trinajstić information content (AvgIpc) is 1.54. The van der Waals surface area contributed by atoms with Crippen LogP contribution in [0.5, 0.6) is 0 Å². The third kappa shape index (κ3) is 3.11. The second-order valence-electron chi connectivity index (χ2n) is 2.11. The maximum absolute atomic E-state index is 11.6. The first kappa shape index (κ1) is 11.9. The normalized spacial score (nSPS) is 22.6. The molecule has 0 bridgehead atoms. The minimum atomic E-state index is -10.1. The van der Waals surface area contributed by atoms with Crippen LogP contribution in [0.25, 0.3) is 0 Å². The van der Waals surface area contributed by atoms with Gasteiger partial charge in [-0.2, -0.15) is 8.42 Å². The average molecular weight is 236 g/mol. The van der Waals surface area contributed by atoms with E-state index in [1.54, 1.807) is 0 Å². The van der Waals surface area contributed by atoms with Gasteiger partial charge in [0, 0.05) is 0 Å². The largest absolute Gasteiger partial charge is 0.302 e. The van der Waals surface area contributed by atoms with Crippen LogP contribution in [0.1, 0.15) is 6.92 Å². The van der Waals surface area contributed by atoms with Crippen molar-refractivity contribution >= 4 is 20.3 Å². The molecule has 0 aliphatic carbocycles. The zero-order valence-corrected chi connectivity index (χ0v) is 7.18. The van der Waals surface area contributed by atoms with Crippen LogP contribution in [0.3, 0.4) is 0 Å². The molecule has 12 heavy (non-hydrogen) atoms. The quantitative estimate of drug-likeness (QED) is 0.592. The highest BCUT2D eigenvalue weighted by Crippen LogP contribution is 3.00. The zero-order valence-electron chi connectivity index (χ0n) is 5.55. The highest BCUT2D eigenvalue weighted by atomic mass is 32.5. The standard InChI is InChI=1S/C2H5F5O3S2/c1-2(11(8,9)10)12(3,4,5,6)7/h2H,1H3,(H,8,9,10). The van der Waals surface area contributed by atoms with Gasteiger partial charge in [0.15, 0.2) is 0 Å². The molecule has 78 valence electrons. The summed E-state index contributed by atoms with van der Waals surface area (Å²) in [5.74, 6) is 0. The predicted octanol–water partition coefficient (Wildman–Crippen LogP) is 2.52. The van der Waals surface area contributed by atoms with Gasteiger partial charge < -0.3 is 0 Å². The Morgan fingerprint density at radius 1 is 1.17 bits per heavy atom. The molecular formula is C2H5F5O3S2. The van der Waals surface area contributed by atoms with Crippen LogP contribution in [0.2, 0.25) is 0 Å². The topological polar surface area (TPSA) is 54.4 Å². The molecule has 0 amide bonds. The minimum Gasteiger partial charge on any atom is -0.284 e. The number of hydrogen-bond acceptors (Lipinski definition) is 2. The summed E-state index contributed by atoms with van der Waals surface area (Å²) in [7, 11) is -15.9. The summed E-state index contributed by atoms with van der Waals surface area (Å²) in [5, 5.41) is 0. The second kappa shape index (κ2) is 1.87. The van der Waals surface area contributed by atoms with E-state index in [2.05, 4.69) is 0 Å². The monoisotopic (exact) mass is 236 g/mol. The molecule has 1 atom stereocenters. The second-order valence-corrected chi connectivity index (χ2v) is 6.91. The van der Waals surface area contributed by atoms with Crippen molar-refractivity contribution < 1.29 is 32.4 Å². The van der Waals surface area contributed by atoms with Gasteiger partial charge >= 0.3 is 10.2 Å². The van der Waals surface area contributed by atoms with Gasteiger partial charge in [-0.3, -0.25) is 4.55 Å². The highest BCUT2D eigenvalue weighted by Gasteiger charge is 2.72. The highest BCUT2D eigenvalue weighted by molar-refractivity contribution is 8.49. The summed E-state index contributed by atoms with van der Waals surface area (Å²) in [4.78, 5) is 0. The summed E-state index contributed by atoms with van der Waals surface area (Å²) < 4.78 is 81.1. The van der Waals surface area contributed by atoms with Crippen LogP contribution in [0.4, 0.5) is 19.4 Å². The van der Waals surface area contributed by atoms with E-state index in [0.717, 1.165) is 0 Å². The molecule has 0 aromatic carbocycles. The van der Waals surface area contributed by atoms with Gasteiger partial charge in [-0.15, -0.1) is 0 Å².